The van der Waals surface area contributed by atoms with Gasteiger partial charge in [-0.2, -0.15) is 0 Å². The number of likely N-dealkylation sites (tertiary alicyclic amines) is 1. The second-order valence-corrected chi connectivity index (χ2v) is 12.0. The number of methoxy groups -OCH3 is 1. The Balaban J connectivity index is 1.41. The molecule has 0 aromatic heterocycles. The number of aromatic hydroxyl groups is 2. The zero-order valence-electron chi connectivity index (χ0n) is 24.8. The van der Waals surface area contributed by atoms with Crippen LogP contribution in [0.25, 0.3) is 0 Å². The van der Waals surface area contributed by atoms with Gasteiger partial charge in [-0.25, -0.2) is 0 Å². The van der Waals surface area contributed by atoms with Gasteiger partial charge in [0.2, 0.25) is 5.78 Å². The van der Waals surface area contributed by atoms with Gasteiger partial charge >= 0.3 is 0 Å². The number of aliphatic hydroxyl groups excluding tert-OH is 1. The molecule has 4 unspecified atom stereocenters. The molecule has 2 aromatic rings. The second kappa shape index (κ2) is 11.3. The number of phenolic OH excluding ortho intramolecular Hbond substituents is 2. The molecule has 6 atom stereocenters. The zero-order chi connectivity index (χ0) is 31.5. The minimum atomic E-state index is -2.01. The number of Topliss-reactive ketones (excluding diaryl/α,β-unsaturated/α-hetero) is 1. The van der Waals surface area contributed by atoms with Crippen molar-refractivity contribution in [1.82, 2.24) is 4.90 Å². The molecule has 2 fully saturated rings. The Labute approximate surface area is 253 Å². The number of carbonyl (C=O) groups is 3. The molecule has 2 aliphatic heterocycles. The molecule has 4 aliphatic rings. The summed E-state index contributed by atoms with van der Waals surface area (Å²) in [6.45, 7) is 4.64. The van der Waals surface area contributed by atoms with Crippen molar-refractivity contribution in [1.29, 1.82) is 0 Å². The molecule has 44 heavy (non-hydrogen) atoms. The Morgan fingerprint density at radius 3 is 2.50 bits per heavy atom. The van der Waals surface area contributed by atoms with Crippen molar-refractivity contribution in [2.45, 2.75) is 82.2 Å². The number of fused-ring (bicyclic) bond motifs is 3. The minimum Gasteiger partial charge on any atom is -0.507 e. The number of carbonyl (C=O) groups excluding carboxylic acids is 3. The minimum absolute atomic E-state index is 0.00869. The smallest absolute Gasteiger partial charge is 0.202 e. The van der Waals surface area contributed by atoms with Gasteiger partial charge in [0.05, 0.1) is 48.4 Å². The van der Waals surface area contributed by atoms with Gasteiger partial charge in [0, 0.05) is 49.0 Å². The van der Waals surface area contributed by atoms with Crippen LogP contribution in [0.1, 0.15) is 88.6 Å². The number of nitrogens with zero attached hydrogens (tertiary/aromatic N) is 2. The Morgan fingerprint density at radius 1 is 1.11 bits per heavy atom. The Kier molecular flexibility index (Phi) is 7.73. The van der Waals surface area contributed by atoms with Crippen molar-refractivity contribution in [3.05, 3.63) is 51.6 Å². The van der Waals surface area contributed by atoms with E-state index in [-0.39, 0.29) is 40.8 Å². The van der Waals surface area contributed by atoms with E-state index in [1.165, 1.54) is 32.2 Å². The Morgan fingerprint density at radius 2 is 1.82 bits per heavy atom. The lowest BCUT2D eigenvalue weighted by atomic mass is 9.72. The summed E-state index contributed by atoms with van der Waals surface area (Å²) in [6.07, 6.45) is -0.567. The van der Waals surface area contributed by atoms with Gasteiger partial charge in [0.15, 0.2) is 17.9 Å². The summed E-state index contributed by atoms with van der Waals surface area (Å²) in [5.74, 6) is -3.12. The largest absolute Gasteiger partial charge is 0.507 e. The van der Waals surface area contributed by atoms with Crippen LogP contribution in [0.5, 0.6) is 17.2 Å². The Bertz CT molecular complexity index is 1560. The number of rotatable bonds is 6. The summed E-state index contributed by atoms with van der Waals surface area (Å²) < 4.78 is 17.6. The van der Waals surface area contributed by atoms with Gasteiger partial charge in [-0.3, -0.25) is 19.4 Å². The predicted octanol–water partition coefficient (Wildman–Crippen LogP) is 2.19. The maximum absolute atomic E-state index is 13.8. The third-order valence-corrected chi connectivity index (χ3v) is 9.28. The molecule has 0 bridgehead atoms. The van der Waals surface area contributed by atoms with E-state index in [0.717, 1.165) is 25.9 Å². The quantitative estimate of drug-likeness (QED) is 0.183. The van der Waals surface area contributed by atoms with Crippen LogP contribution in [-0.2, 0) is 20.7 Å². The van der Waals surface area contributed by atoms with Crippen molar-refractivity contribution in [3.8, 4) is 17.2 Å². The first-order valence-electron chi connectivity index (χ1n) is 14.8. The third kappa shape index (κ3) is 4.86. The van der Waals surface area contributed by atoms with E-state index in [1.807, 2.05) is 0 Å². The maximum Gasteiger partial charge on any atom is 0.202 e. The van der Waals surface area contributed by atoms with Crippen molar-refractivity contribution in [2.75, 3.05) is 20.2 Å². The first-order chi connectivity index (χ1) is 20.9. The SMILES string of the molecule is COc1cccc2c1C(=O)c1c(O)c3c(c(O)c1C2=O)CC(O)(C(C)=O)C[C@@H]3OC1C[C@@H](N=CN2CCCC2)C(O)C(C)O1. The molecule has 4 N–H and O–H groups in total. The van der Waals surface area contributed by atoms with Gasteiger partial charge in [-0.15, -0.1) is 0 Å². The van der Waals surface area contributed by atoms with Gasteiger partial charge in [-0.1, -0.05) is 12.1 Å². The predicted molar refractivity (Wildman–Crippen MR) is 155 cm³/mol. The lowest BCUT2D eigenvalue weighted by Gasteiger charge is -2.42. The van der Waals surface area contributed by atoms with E-state index >= 15 is 0 Å². The highest BCUT2D eigenvalue weighted by Gasteiger charge is 2.49. The van der Waals surface area contributed by atoms with Gasteiger partial charge < -0.3 is 39.5 Å². The summed E-state index contributed by atoms with van der Waals surface area (Å²) in [4.78, 5) is 46.8. The van der Waals surface area contributed by atoms with Gasteiger partial charge in [-0.05, 0) is 32.8 Å². The number of benzene rings is 2. The molecule has 0 spiro atoms. The van der Waals surface area contributed by atoms with Crippen molar-refractivity contribution in [3.63, 3.8) is 0 Å². The average Bonchev–Trinajstić information content (AvgIpc) is 3.52. The van der Waals surface area contributed by atoms with Crippen LogP contribution < -0.4 is 4.74 Å². The fourth-order valence-corrected chi connectivity index (χ4v) is 6.78. The normalized spacial score (nSPS) is 29.8. The van der Waals surface area contributed by atoms with Crippen LogP contribution in [0.3, 0.4) is 0 Å². The van der Waals surface area contributed by atoms with Crippen LogP contribution >= 0.6 is 0 Å². The van der Waals surface area contributed by atoms with Crippen LogP contribution in [-0.4, -0.2) is 99.4 Å². The number of aliphatic imine (C=N–C) groups is 1. The molecule has 2 aromatic carbocycles. The lowest BCUT2D eigenvalue weighted by Crippen LogP contribution is -2.49. The number of phenols is 2. The molecule has 0 radical (unpaired) electrons. The van der Waals surface area contributed by atoms with Crippen LogP contribution in [0.2, 0.25) is 0 Å². The number of aliphatic hydroxyl groups is 2. The van der Waals surface area contributed by atoms with Crippen molar-refractivity contribution in [2.24, 2.45) is 4.99 Å². The summed E-state index contributed by atoms with van der Waals surface area (Å²) in [5, 5.41) is 45.4. The highest BCUT2D eigenvalue weighted by Crippen LogP contribution is 2.52. The first-order valence-corrected chi connectivity index (χ1v) is 14.8. The van der Waals surface area contributed by atoms with Crippen molar-refractivity contribution >= 4 is 23.7 Å². The number of ether oxygens (including phenoxy) is 3. The fraction of sp³-hybridized carbons (Fsp3) is 0.500. The fourth-order valence-electron chi connectivity index (χ4n) is 6.78. The monoisotopic (exact) mass is 608 g/mol. The van der Waals surface area contributed by atoms with E-state index in [2.05, 4.69) is 9.89 Å². The highest BCUT2D eigenvalue weighted by molar-refractivity contribution is 6.31. The van der Waals surface area contributed by atoms with E-state index in [9.17, 15) is 34.8 Å². The topological polar surface area (TPSA) is 175 Å². The van der Waals surface area contributed by atoms with E-state index in [0.29, 0.717) is 0 Å². The Hall–Kier alpha value is -3.84. The van der Waals surface area contributed by atoms with Crippen molar-refractivity contribution < 1.29 is 49.0 Å². The molecule has 2 aliphatic carbocycles. The molecule has 234 valence electrons. The number of hydrogen-bond donors (Lipinski definition) is 4. The molecular formula is C32H36N2O10. The van der Waals surface area contributed by atoms with Crippen LogP contribution in [0, 0.1) is 0 Å². The van der Waals surface area contributed by atoms with Crippen LogP contribution in [0.15, 0.2) is 23.2 Å². The van der Waals surface area contributed by atoms with Gasteiger partial charge in [0.1, 0.15) is 29.0 Å². The van der Waals surface area contributed by atoms with Gasteiger partial charge in [0.25, 0.3) is 0 Å². The summed E-state index contributed by atoms with van der Waals surface area (Å²) in [5.41, 5.74) is -2.99. The number of hydrogen-bond acceptors (Lipinski definition) is 11. The van der Waals surface area contributed by atoms with Crippen LogP contribution in [0.4, 0.5) is 0 Å². The molecule has 0 amide bonds. The molecule has 6 rings (SSSR count). The van der Waals surface area contributed by atoms with E-state index in [1.54, 1.807) is 13.3 Å². The lowest BCUT2D eigenvalue weighted by molar-refractivity contribution is -0.246. The number of ketones is 3. The first kappa shape index (κ1) is 30.2. The third-order valence-electron chi connectivity index (χ3n) is 9.28. The summed E-state index contributed by atoms with van der Waals surface area (Å²) >= 11 is 0. The molecule has 2 saturated heterocycles. The van der Waals surface area contributed by atoms with E-state index < -0.39 is 82.6 Å². The molecule has 2 heterocycles. The maximum atomic E-state index is 13.8. The van der Waals surface area contributed by atoms with E-state index in [4.69, 9.17) is 14.2 Å². The second-order valence-electron chi connectivity index (χ2n) is 12.0. The molecule has 0 saturated carbocycles. The molecule has 12 heteroatoms. The highest BCUT2D eigenvalue weighted by atomic mass is 16.7. The molecule has 12 nitrogen and oxygen atoms in total. The standard InChI is InChI=1S/C32H36N2O10/c1-15-27(36)19(33-14-34-9-4-5-10-34)11-22(43-15)44-21-13-32(41,16(2)35)12-18-24(21)31(40)26-25(29(18)38)28(37)17-7-6-8-20(42-3)23(17)30(26)39/h6-8,14-15,19,21-22,27,36,38,40-41H,4-5,9-13H2,1-3H3/t15?,19-,21+,22?,27?,32?/m1/s1. The summed E-state index contributed by atoms with van der Waals surface area (Å²) in [6, 6.07) is 3.90. The molecular weight excluding hydrogens is 572 g/mol. The summed E-state index contributed by atoms with van der Waals surface area (Å²) in [7, 11) is 1.35. The zero-order valence-corrected chi connectivity index (χ0v) is 24.8. The average molecular weight is 609 g/mol.